The molecule has 4 heteroatoms. The number of hydrogen-bond acceptors (Lipinski definition) is 1. The molecule has 0 aromatic heterocycles. The number of hydrogen-bond donors (Lipinski definition) is 0. The van der Waals surface area contributed by atoms with Gasteiger partial charge in [0, 0.05) is 0 Å². The predicted octanol–water partition coefficient (Wildman–Crippen LogP) is 3.89. The normalized spacial score (nSPS) is 18.7. The first-order valence-corrected chi connectivity index (χ1v) is 6.89. The molecule has 1 aliphatic heterocycles. The van der Waals surface area contributed by atoms with Crippen LogP contribution in [0, 0.1) is 5.92 Å². The van der Waals surface area contributed by atoms with Gasteiger partial charge in [0.1, 0.15) is 0 Å². The molecule has 0 unspecified atom stereocenters. The lowest BCUT2D eigenvalue weighted by Crippen LogP contribution is -2.39. The lowest BCUT2D eigenvalue weighted by molar-refractivity contribution is -0.185. The molecule has 1 aliphatic rings. The molecular formula is C15H20F3N. The Hall–Kier alpha value is -1.03. The minimum Gasteiger partial charge on any atom is -0.303 e. The first-order chi connectivity index (χ1) is 9.05. The molecule has 0 saturated carbocycles. The first-order valence-electron chi connectivity index (χ1n) is 6.89. The molecule has 1 aromatic rings. The largest absolute Gasteiger partial charge is 0.391 e. The molecule has 1 heterocycles. The van der Waals surface area contributed by atoms with Crippen LogP contribution in [-0.4, -0.2) is 30.7 Å². The van der Waals surface area contributed by atoms with Crippen molar-refractivity contribution in [3.05, 3.63) is 35.9 Å². The minimum atomic E-state index is -4.00. The fourth-order valence-corrected chi connectivity index (χ4v) is 2.64. The lowest BCUT2D eigenvalue weighted by atomic mass is 9.96. The van der Waals surface area contributed by atoms with E-state index < -0.39 is 12.1 Å². The maximum atomic E-state index is 12.5. The van der Waals surface area contributed by atoms with Gasteiger partial charge in [-0.15, -0.1) is 0 Å². The van der Waals surface area contributed by atoms with Crippen molar-refractivity contribution in [3.63, 3.8) is 0 Å². The van der Waals surface area contributed by atoms with Crippen LogP contribution in [0.5, 0.6) is 0 Å². The van der Waals surface area contributed by atoms with E-state index in [4.69, 9.17) is 0 Å². The summed E-state index contributed by atoms with van der Waals surface area (Å²) in [5, 5.41) is 0. The Morgan fingerprint density at radius 3 is 2.26 bits per heavy atom. The highest BCUT2D eigenvalue weighted by Crippen LogP contribution is 2.34. The third kappa shape index (κ3) is 4.53. The third-order valence-corrected chi connectivity index (χ3v) is 3.83. The van der Waals surface area contributed by atoms with E-state index in [2.05, 4.69) is 17.0 Å². The molecule has 0 spiro atoms. The van der Waals surface area contributed by atoms with E-state index in [0.717, 1.165) is 19.4 Å². The van der Waals surface area contributed by atoms with E-state index in [1.54, 1.807) is 0 Å². The summed E-state index contributed by atoms with van der Waals surface area (Å²) in [5.41, 5.74) is 1.30. The van der Waals surface area contributed by atoms with Gasteiger partial charge in [0.15, 0.2) is 0 Å². The van der Waals surface area contributed by atoms with Crippen molar-refractivity contribution < 1.29 is 13.2 Å². The fourth-order valence-electron chi connectivity index (χ4n) is 2.64. The molecule has 0 atom stereocenters. The highest BCUT2D eigenvalue weighted by atomic mass is 19.4. The van der Waals surface area contributed by atoms with Crippen LogP contribution < -0.4 is 0 Å². The Morgan fingerprint density at radius 2 is 1.68 bits per heavy atom. The number of halogens is 3. The van der Waals surface area contributed by atoms with Gasteiger partial charge in [0.05, 0.1) is 5.92 Å². The summed E-state index contributed by atoms with van der Waals surface area (Å²) in [5.74, 6) is -1.09. The average molecular weight is 271 g/mol. The van der Waals surface area contributed by atoms with Crippen molar-refractivity contribution in [2.75, 3.05) is 19.6 Å². The average Bonchev–Trinajstić information content (AvgIpc) is 2.39. The van der Waals surface area contributed by atoms with Crippen LogP contribution in [0.15, 0.2) is 30.3 Å². The molecule has 19 heavy (non-hydrogen) atoms. The van der Waals surface area contributed by atoms with Crippen LogP contribution >= 0.6 is 0 Å². The highest BCUT2D eigenvalue weighted by Gasteiger charge is 2.40. The van der Waals surface area contributed by atoms with Crippen LogP contribution in [-0.2, 0) is 6.42 Å². The molecular weight excluding hydrogens is 251 g/mol. The van der Waals surface area contributed by atoms with Crippen LogP contribution in [0.3, 0.4) is 0 Å². The topological polar surface area (TPSA) is 3.24 Å². The van der Waals surface area contributed by atoms with Crippen molar-refractivity contribution in [1.82, 2.24) is 4.90 Å². The molecule has 1 aromatic carbocycles. The Bertz CT molecular complexity index is 367. The van der Waals surface area contributed by atoms with Gasteiger partial charge in [-0.2, -0.15) is 13.2 Å². The second kappa shape index (κ2) is 6.42. The van der Waals surface area contributed by atoms with Crippen molar-refractivity contribution in [2.45, 2.75) is 31.9 Å². The van der Waals surface area contributed by atoms with Crippen LogP contribution in [0.4, 0.5) is 13.2 Å². The van der Waals surface area contributed by atoms with Gasteiger partial charge >= 0.3 is 6.18 Å². The molecule has 0 aliphatic carbocycles. The van der Waals surface area contributed by atoms with Gasteiger partial charge in [0.2, 0.25) is 0 Å². The zero-order chi connectivity index (χ0) is 13.7. The zero-order valence-corrected chi connectivity index (χ0v) is 11.0. The number of alkyl halides is 3. The quantitative estimate of drug-likeness (QED) is 0.803. The summed E-state index contributed by atoms with van der Waals surface area (Å²) < 4.78 is 37.6. The number of likely N-dealkylation sites (tertiary alicyclic amines) is 1. The Balaban J connectivity index is 1.66. The van der Waals surface area contributed by atoms with E-state index in [1.165, 1.54) is 5.56 Å². The number of piperidine rings is 1. The van der Waals surface area contributed by atoms with E-state index in [9.17, 15) is 13.2 Å². The molecule has 1 fully saturated rings. The van der Waals surface area contributed by atoms with Gasteiger partial charge in [0.25, 0.3) is 0 Å². The lowest BCUT2D eigenvalue weighted by Gasteiger charge is -2.32. The van der Waals surface area contributed by atoms with Crippen LogP contribution in [0.25, 0.3) is 0 Å². The second-order valence-corrected chi connectivity index (χ2v) is 5.25. The Morgan fingerprint density at radius 1 is 1.05 bits per heavy atom. The molecule has 1 nitrogen and oxygen atoms in total. The van der Waals surface area contributed by atoms with E-state index in [1.807, 2.05) is 18.2 Å². The summed E-state index contributed by atoms with van der Waals surface area (Å²) in [6.07, 6.45) is -1.47. The SMILES string of the molecule is FC(F)(F)C1CCN(CCCc2ccccc2)CC1. The molecule has 0 N–H and O–H groups in total. The Kier molecular flexibility index (Phi) is 4.86. The Labute approximate surface area is 112 Å². The summed E-state index contributed by atoms with van der Waals surface area (Å²) in [7, 11) is 0. The van der Waals surface area contributed by atoms with Crippen LogP contribution in [0.2, 0.25) is 0 Å². The molecule has 106 valence electrons. The van der Waals surface area contributed by atoms with Crippen molar-refractivity contribution in [2.24, 2.45) is 5.92 Å². The monoisotopic (exact) mass is 271 g/mol. The van der Waals surface area contributed by atoms with E-state index in [0.29, 0.717) is 13.1 Å². The molecule has 0 amide bonds. The fraction of sp³-hybridized carbons (Fsp3) is 0.600. The van der Waals surface area contributed by atoms with Crippen molar-refractivity contribution >= 4 is 0 Å². The summed E-state index contributed by atoms with van der Waals surface area (Å²) in [6, 6.07) is 10.2. The summed E-state index contributed by atoms with van der Waals surface area (Å²) in [6.45, 7) is 2.07. The van der Waals surface area contributed by atoms with Gasteiger partial charge in [-0.05, 0) is 50.9 Å². The maximum Gasteiger partial charge on any atom is 0.391 e. The van der Waals surface area contributed by atoms with E-state index >= 15 is 0 Å². The van der Waals surface area contributed by atoms with E-state index in [-0.39, 0.29) is 12.8 Å². The molecule has 0 bridgehead atoms. The molecule has 1 saturated heterocycles. The standard InChI is InChI=1S/C15H20F3N/c16-15(17,18)14-8-11-19(12-9-14)10-4-7-13-5-2-1-3-6-13/h1-3,5-6,14H,4,7-12H2. The van der Waals surface area contributed by atoms with Crippen molar-refractivity contribution in [1.29, 1.82) is 0 Å². The van der Waals surface area contributed by atoms with Gasteiger partial charge < -0.3 is 4.90 Å². The number of rotatable bonds is 4. The van der Waals surface area contributed by atoms with Gasteiger partial charge in [-0.3, -0.25) is 0 Å². The molecule has 2 rings (SSSR count). The number of aryl methyl sites for hydroxylation is 1. The highest BCUT2D eigenvalue weighted by molar-refractivity contribution is 5.14. The number of benzene rings is 1. The van der Waals surface area contributed by atoms with Crippen LogP contribution in [0.1, 0.15) is 24.8 Å². The van der Waals surface area contributed by atoms with Gasteiger partial charge in [-0.25, -0.2) is 0 Å². The van der Waals surface area contributed by atoms with Gasteiger partial charge in [-0.1, -0.05) is 30.3 Å². The third-order valence-electron chi connectivity index (χ3n) is 3.83. The molecule has 0 radical (unpaired) electrons. The smallest absolute Gasteiger partial charge is 0.303 e. The second-order valence-electron chi connectivity index (χ2n) is 5.25. The minimum absolute atomic E-state index is 0.259. The first kappa shape index (κ1) is 14.4. The van der Waals surface area contributed by atoms with Crippen molar-refractivity contribution in [3.8, 4) is 0 Å². The number of nitrogens with zero attached hydrogens (tertiary/aromatic N) is 1. The summed E-state index contributed by atoms with van der Waals surface area (Å²) >= 11 is 0. The zero-order valence-electron chi connectivity index (χ0n) is 11.0. The maximum absolute atomic E-state index is 12.5. The predicted molar refractivity (Wildman–Crippen MR) is 70.0 cm³/mol. The summed E-state index contributed by atoms with van der Waals surface area (Å²) in [4.78, 5) is 2.16.